The quantitative estimate of drug-likeness (QED) is 0.610. The number of hydrogen-bond donors (Lipinski definition) is 2. The minimum absolute atomic E-state index is 0.0781. The van der Waals surface area contributed by atoms with Crippen LogP contribution < -0.4 is 15.8 Å². The van der Waals surface area contributed by atoms with Crippen molar-refractivity contribution in [3.63, 3.8) is 0 Å². The van der Waals surface area contributed by atoms with Gasteiger partial charge in [0.2, 0.25) is 5.82 Å². The molecule has 1 saturated heterocycles. The average molecular weight is 487 g/mol. The Morgan fingerprint density at radius 3 is 2.66 bits per heavy atom. The first-order valence-electron chi connectivity index (χ1n) is 11.3. The van der Waals surface area contributed by atoms with Crippen molar-refractivity contribution in [2.24, 2.45) is 17.1 Å². The van der Waals surface area contributed by atoms with Gasteiger partial charge in [-0.1, -0.05) is 13.0 Å². The maximum absolute atomic E-state index is 13.2. The van der Waals surface area contributed by atoms with Gasteiger partial charge in [-0.25, -0.2) is 4.39 Å². The predicted molar refractivity (Wildman–Crippen MR) is 123 cm³/mol. The lowest BCUT2D eigenvalue weighted by molar-refractivity contribution is -0.126. The number of carbonyl (C=O) groups excluding carboxylic acids is 2. The summed E-state index contributed by atoms with van der Waals surface area (Å²) in [6, 6.07) is 9.08. The molecular weight excluding hydrogens is 458 g/mol. The third kappa shape index (κ3) is 6.96. The number of hydrogen-bond acceptors (Lipinski definition) is 6. The summed E-state index contributed by atoms with van der Waals surface area (Å²) in [7, 11) is 0. The fourth-order valence-electron chi connectivity index (χ4n) is 3.53. The molecule has 2 heterocycles. The second-order valence-corrected chi connectivity index (χ2v) is 8.87. The SMILES string of the molecule is CC1OC(C(=O)Nc2ccnc(C(N)=O)c2)C[C@@H]1C.N#CC1(CCOc2cccc(F)c2F)CC1. The molecule has 2 amide bonds. The molecule has 1 aliphatic carbocycles. The number of benzene rings is 1. The number of nitrogens with one attached hydrogen (secondary N) is 1. The molecule has 2 aliphatic rings. The number of halogens is 2. The van der Waals surface area contributed by atoms with Crippen LogP contribution in [0.2, 0.25) is 0 Å². The molecule has 0 spiro atoms. The number of nitrogens with two attached hydrogens (primary N) is 1. The van der Waals surface area contributed by atoms with Crippen molar-refractivity contribution < 1.29 is 27.8 Å². The largest absolute Gasteiger partial charge is 0.490 e. The summed E-state index contributed by atoms with van der Waals surface area (Å²) >= 11 is 0. The number of nitrogens with zero attached hydrogens (tertiary/aromatic N) is 2. The Bertz CT molecular complexity index is 1110. The number of amides is 2. The molecule has 8 nitrogen and oxygen atoms in total. The highest BCUT2D eigenvalue weighted by Gasteiger charge is 2.42. The molecule has 2 aromatic rings. The minimum atomic E-state index is -0.968. The summed E-state index contributed by atoms with van der Waals surface area (Å²) < 4.78 is 36.7. The van der Waals surface area contributed by atoms with Crippen LogP contribution in [0.4, 0.5) is 14.5 Å². The molecule has 1 aliphatic heterocycles. The molecule has 3 N–H and O–H groups in total. The van der Waals surface area contributed by atoms with E-state index in [9.17, 15) is 18.4 Å². The van der Waals surface area contributed by atoms with Crippen LogP contribution in [0.3, 0.4) is 0 Å². The highest BCUT2D eigenvalue weighted by molar-refractivity contribution is 5.96. The van der Waals surface area contributed by atoms with Gasteiger partial charge in [0.25, 0.3) is 11.8 Å². The van der Waals surface area contributed by atoms with Crippen molar-refractivity contribution >= 4 is 17.5 Å². The van der Waals surface area contributed by atoms with Gasteiger partial charge in [0.15, 0.2) is 11.6 Å². The molecule has 4 rings (SSSR count). The van der Waals surface area contributed by atoms with Crippen molar-refractivity contribution in [1.29, 1.82) is 5.26 Å². The summed E-state index contributed by atoms with van der Waals surface area (Å²) in [4.78, 5) is 26.8. The normalized spacial score (nSPS) is 21.7. The summed E-state index contributed by atoms with van der Waals surface area (Å²) in [5.41, 5.74) is 5.47. The maximum Gasteiger partial charge on any atom is 0.267 e. The molecule has 2 fully saturated rings. The Balaban J connectivity index is 0.000000198. The number of nitriles is 1. The van der Waals surface area contributed by atoms with E-state index in [1.807, 2.05) is 6.92 Å². The van der Waals surface area contributed by atoms with Gasteiger partial charge < -0.3 is 20.5 Å². The van der Waals surface area contributed by atoms with Crippen LogP contribution in [-0.2, 0) is 9.53 Å². The fraction of sp³-hybridized carbons (Fsp3) is 0.440. The second kappa shape index (κ2) is 11.2. The molecule has 1 aromatic heterocycles. The van der Waals surface area contributed by atoms with E-state index < -0.39 is 23.6 Å². The van der Waals surface area contributed by atoms with Gasteiger partial charge in [-0.3, -0.25) is 14.6 Å². The lowest BCUT2D eigenvalue weighted by atomic mass is 10.0. The van der Waals surface area contributed by atoms with Gasteiger partial charge in [-0.15, -0.1) is 0 Å². The predicted octanol–water partition coefficient (Wildman–Crippen LogP) is 3.97. The number of primary amides is 1. The molecule has 2 unspecified atom stereocenters. The van der Waals surface area contributed by atoms with Gasteiger partial charge in [-0.2, -0.15) is 9.65 Å². The minimum Gasteiger partial charge on any atom is -0.490 e. The fourth-order valence-corrected chi connectivity index (χ4v) is 3.53. The molecule has 1 saturated carbocycles. The van der Waals surface area contributed by atoms with Crippen LogP contribution in [0.15, 0.2) is 36.5 Å². The third-order valence-corrected chi connectivity index (χ3v) is 6.18. The number of ether oxygens (including phenoxy) is 2. The van der Waals surface area contributed by atoms with Crippen LogP contribution in [0.5, 0.6) is 5.75 Å². The zero-order chi connectivity index (χ0) is 25.6. The van der Waals surface area contributed by atoms with E-state index in [4.69, 9.17) is 20.5 Å². The molecule has 3 atom stereocenters. The number of rotatable bonds is 7. The monoisotopic (exact) mass is 486 g/mol. The first kappa shape index (κ1) is 26.0. The first-order chi connectivity index (χ1) is 16.6. The highest BCUT2D eigenvalue weighted by Crippen LogP contribution is 2.47. The molecule has 186 valence electrons. The topological polar surface area (TPSA) is 127 Å². The van der Waals surface area contributed by atoms with Crippen LogP contribution in [0.1, 0.15) is 50.0 Å². The number of carbonyl (C=O) groups is 2. The molecule has 10 heteroatoms. The zero-order valence-electron chi connectivity index (χ0n) is 19.6. The van der Waals surface area contributed by atoms with E-state index in [-0.39, 0.29) is 35.5 Å². The van der Waals surface area contributed by atoms with Crippen LogP contribution in [-0.4, -0.2) is 35.6 Å². The summed E-state index contributed by atoms with van der Waals surface area (Å²) in [5.74, 6) is -2.46. The number of pyridine rings is 1. The van der Waals surface area contributed by atoms with Crippen LogP contribution in [0.25, 0.3) is 0 Å². The van der Waals surface area contributed by atoms with Crippen molar-refractivity contribution in [3.8, 4) is 11.8 Å². The number of anilines is 1. The Kier molecular flexibility index (Phi) is 8.35. The molecule has 35 heavy (non-hydrogen) atoms. The van der Waals surface area contributed by atoms with E-state index in [1.54, 1.807) is 6.07 Å². The second-order valence-electron chi connectivity index (χ2n) is 8.87. The summed E-state index contributed by atoms with van der Waals surface area (Å²) in [5, 5.41) is 11.5. The number of aromatic nitrogens is 1. The van der Waals surface area contributed by atoms with Crippen LogP contribution >= 0.6 is 0 Å². The van der Waals surface area contributed by atoms with Gasteiger partial charge in [0.05, 0.1) is 24.2 Å². The molecule has 0 bridgehead atoms. The Morgan fingerprint density at radius 1 is 1.31 bits per heavy atom. The van der Waals surface area contributed by atoms with Crippen molar-refractivity contribution in [3.05, 3.63) is 53.9 Å². The first-order valence-corrected chi connectivity index (χ1v) is 11.3. The van der Waals surface area contributed by atoms with E-state index in [0.29, 0.717) is 24.4 Å². The van der Waals surface area contributed by atoms with E-state index in [2.05, 4.69) is 23.3 Å². The van der Waals surface area contributed by atoms with E-state index in [0.717, 1.165) is 18.9 Å². The zero-order valence-corrected chi connectivity index (χ0v) is 19.6. The standard InChI is InChI=1S/C13H17N3O3.C12H11F2NO/c1-7-5-11(19-8(7)2)13(18)16-9-3-4-15-10(6-9)12(14)17;13-9-2-1-3-10(11(9)14)16-7-6-12(8-15)4-5-12/h3-4,6-8,11H,5H2,1-2H3,(H2,14,17)(H,15,16,18);1-3H,4-7H2/t7-,8?,11?;/m0./s1. The molecular formula is C25H28F2N4O4. The average Bonchev–Trinajstić information content (AvgIpc) is 3.54. The van der Waals surface area contributed by atoms with Gasteiger partial charge in [-0.05, 0) is 56.4 Å². The van der Waals surface area contributed by atoms with Gasteiger partial charge in [0.1, 0.15) is 11.8 Å². The van der Waals surface area contributed by atoms with E-state index in [1.165, 1.54) is 24.4 Å². The van der Waals surface area contributed by atoms with E-state index >= 15 is 0 Å². The Labute approximate surface area is 202 Å². The van der Waals surface area contributed by atoms with Crippen molar-refractivity contribution in [2.75, 3.05) is 11.9 Å². The van der Waals surface area contributed by atoms with Crippen LogP contribution in [0, 0.1) is 34.3 Å². The lowest BCUT2D eigenvalue weighted by Gasteiger charge is -2.11. The maximum atomic E-state index is 13.2. The van der Waals surface area contributed by atoms with Gasteiger partial charge in [0, 0.05) is 18.3 Å². The Hall–Kier alpha value is -3.58. The molecule has 1 aromatic carbocycles. The third-order valence-electron chi connectivity index (χ3n) is 6.18. The van der Waals surface area contributed by atoms with Crippen molar-refractivity contribution in [2.45, 2.75) is 51.7 Å². The van der Waals surface area contributed by atoms with Crippen molar-refractivity contribution in [1.82, 2.24) is 4.98 Å². The summed E-state index contributed by atoms with van der Waals surface area (Å²) in [6.45, 7) is 4.25. The van der Waals surface area contributed by atoms with Gasteiger partial charge >= 0.3 is 0 Å². The highest BCUT2D eigenvalue weighted by atomic mass is 19.2. The molecule has 0 radical (unpaired) electrons. The summed E-state index contributed by atoms with van der Waals surface area (Å²) in [6.07, 6.45) is 4.07. The lowest BCUT2D eigenvalue weighted by Crippen LogP contribution is -2.28. The smallest absolute Gasteiger partial charge is 0.267 e. The Morgan fingerprint density at radius 2 is 2.06 bits per heavy atom.